The maximum atomic E-state index is 5.57. The predicted octanol–water partition coefficient (Wildman–Crippen LogP) is 1.45. The van der Waals surface area contributed by atoms with Gasteiger partial charge in [-0.3, -0.25) is 0 Å². The molecule has 0 aliphatic heterocycles. The van der Waals surface area contributed by atoms with Crippen LogP contribution in [0.1, 0.15) is 26.0 Å². The van der Waals surface area contributed by atoms with Crippen molar-refractivity contribution in [3.63, 3.8) is 0 Å². The van der Waals surface area contributed by atoms with Crippen LogP contribution in [0, 0.1) is 5.41 Å². The van der Waals surface area contributed by atoms with Crippen LogP contribution in [0.4, 0.5) is 0 Å². The van der Waals surface area contributed by atoms with Gasteiger partial charge in [0.05, 0.1) is 6.33 Å². The molecule has 0 aliphatic carbocycles. The maximum absolute atomic E-state index is 5.57. The first-order valence-electron chi connectivity index (χ1n) is 5.77. The quantitative estimate of drug-likeness (QED) is 0.764. The minimum atomic E-state index is 0.222. The topological polar surface area (TPSA) is 53.1 Å². The summed E-state index contributed by atoms with van der Waals surface area (Å²) in [5, 5.41) is 0. The average molecular weight is 225 g/mol. The molecule has 0 unspecified atom stereocenters. The molecule has 1 rings (SSSR count). The van der Waals surface area contributed by atoms with E-state index >= 15 is 0 Å². The fraction of sp³-hybridized carbons (Fsp3) is 0.750. The van der Waals surface area contributed by atoms with Crippen LogP contribution >= 0.6 is 0 Å². The Kier molecular flexibility index (Phi) is 4.96. The lowest BCUT2D eigenvalue weighted by Gasteiger charge is -2.25. The molecule has 0 amide bonds. The Hall–Kier alpha value is -0.870. The summed E-state index contributed by atoms with van der Waals surface area (Å²) >= 11 is 0. The number of hydrogen-bond donors (Lipinski definition) is 1. The SMILES string of the molecule is COCCC(C)(C)Cn1cncc1CCN. The molecular formula is C12H23N3O. The summed E-state index contributed by atoms with van der Waals surface area (Å²) in [7, 11) is 1.74. The first kappa shape index (κ1) is 13.2. The molecule has 0 saturated heterocycles. The minimum absolute atomic E-state index is 0.222. The Bertz CT molecular complexity index is 307. The predicted molar refractivity (Wildman–Crippen MR) is 65.3 cm³/mol. The van der Waals surface area contributed by atoms with Gasteiger partial charge in [0.2, 0.25) is 0 Å². The van der Waals surface area contributed by atoms with Gasteiger partial charge in [-0.2, -0.15) is 0 Å². The van der Waals surface area contributed by atoms with Crippen LogP contribution in [0.15, 0.2) is 12.5 Å². The summed E-state index contributed by atoms with van der Waals surface area (Å²) in [6.07, 6.45) is 5.73. The molecule has 92 valence electrons. The van der Waals surface area contributed by atoms with Crippen molar-refractivity contribution in [2.75, 3.05) is 20.3 Å². The van der Waals surface area contributed by atoms with E-state index in [-0.39, 0.29) is 5.41 Å². The lowest BCUT2D eigenvalue weighted by molar-refractivity contribution is 0.142. The Labute approximate surface area is 97.8 Å². The molecule has 0 aromatic carbocycles. The van der Waals surface area contributed by atoms with E-state index in [0.717, 1.165) is 26.0 Å². The van der Waals surface area contributed by atoms with Crippen LogP contribution < -0.4 is 5.73 Å². The largest absolute Gasteiger partial charge is 0.385 e. The molecule has 0 fully saturated rings. The van der Waals surface area contributed by atoms with Gasteiger partial charge in [-0.15, -0.1) is 0 Å². The molecule has 1 aromatic heterocycles. The lowest BCUT2D eigenvalue weighted by Crippen LogP contribution is -2.23. The number of ether oxygens (including phenoxy) is 1. The summed E-state index contributed by atoms with van der Waals surface area (Å²) in [6, 6.07) is 0. The third-order valence-corrected chi connectivity index (χ3v) is 2.78. The van der Waals surface area contributed by atoms with E-state index < -0.39 is 0 Å². The number of hydrogen-bond acceptors (Lipinski definition) is 3. The Balaban J connectivity index is 2.60. The molecule has 0 spiro atoms. The number of aromatic nitrogens is 2. The third-order valence-electron chi connectivity index (χ3n) is 2.78. The molecule has 4 heteroatoms. The normalized spacial score (nSPS) is 12.0. The molecule has 0 bridgehead atoms. The van der Waals surface area contributed by atoms with Gasteiger partial charge in [-0.25, -0.2) is 4.98 Å². The van der Waals surface area contributed by atoms with Crippen molar-refractivity contribution in [1.82, 2.24) is 9.55 Å². The highest BCUT2D eigenvalue weighted by atomic mass is 16.5. The summed E-state index contributed by atoms with van der Waals surface area (Å²) < 4.78 is 7.33. The van der Waals surface area contributed by atoms with E-state index in [1.165, 1.54) is 5.69 Å². The van der Waals surface area contributed by atoms with Crippen molar-refractivity contribution < 1.29 is 4.74 Å². The van der Waals surface area contributed by atoms with Crippen molar-refractivity contribution in [2.24, 2.45) is 11.1 Å². The molecular weight excluding hydrogens is 202 g/mol. The first-order valence-corrected chi connectivity index (χ1v) is 5.77. The van der Waals surface area contributed by atoms with Gasteiger partial charge in [0.15, 0.2) is 0 Å². The smallest absolute Gasteiger partial charge is 0.0948 e. The second-order valence-corrected chi connectivity index (χ2v) is 4.96. The molecule has 4 nitrogen and oxygen atoms in total. The number of nitrogens with zero attached hydrogens (tertiary/aromatic N) is 2. The van der Waals surface area contributed by atoms with Gasteiger partial charge < -0.3 is 15.0 Å². The van der Waals surface area contributed by atoms with Crippen LogP contribution in [-0.2, 0) is 17.7 Å². The van der Waals surface area contributed by atoms with Crippen LogP contribution in [0.25, 0.3) is 0 Å². The molecule has 1 aromatic rings. The van der Waals surface area contributed by atoms with Crippen LogP contribution in [0.5, 0.6) is 0 Å². The molecule has 2 N–H and O–H groups in total. The van der Waals surface area contributed by atoms with Gasteiger partial charge in [0.1, 0.15) is 0 Å². The van der Waals surface area contributed by atoms with E-state index in [1.807, 2.05) is 12.5 Å². The summed E-state index contributed by atoms with van der Waals surface area (Å²) in [5.74, 6) is 0. The van der Waals surface area contributed by atoms with E-state index in [2.05, 4.69) is 23.4 Å². The van der Waals surface area contributed by atoms with E-state index in [1.54, 1.807) is 7.11 Å². The van der Waals surface area contributed by atoms with Crippen molar-refractivity contribution >= 4 is 0 Å². The van der Waals surface area contributed by atoms with Crippen molar-refractivity contribution in [1.29, 1.82) is 0 Å². The highest BCUT2D eigenvalue weighted by Crippen LogP contribution is 2.23. The third kappa shape index (κ3) is 3.94. The molecule has 0 aliphatic rings. The van der Waals surface area contributed by atoms with Gasteiger partial charge in [0, 0.05) is 38.6 Å². The Morgan fingerprint density at radius 1 is 1.50 bits per heavy atom. The summed E-state index contributed by atoms with van der Waals surface area (Å²) in [4.78, 5) is 4.18. The van der Waals surface area contributed by atoms with Gasteiger partial charge in [-0.05, 0) is 18.4 Å². The highest BCUT2D eigenvalue weighted by molar-refractivity contribution is 4.99. The van der Waals surface area contributed by atoms with Gasteiger partial charge in [-0.1, -0.05) is 13.8 Å². The number of methoxy groups -OCH3 is 1. The van der Waals surface area contributed by atoms with Crippen LogP contribution in [0.2, 0.25) is 0 Å². The number of rotatable bonds is 7. The van der Waals surface area contributed by atoms with Gasteiger partial charge >= 0.3 is 0 Å². The number of nitrogens with two attached hydrogens (primary N) is 1. The van der Waals surface area contributed by atoms with Crippen LogP contribution in [0.3, 0.4) is 0 Å². The number of imidazole rings is 1. The second-order valence-electron chi connectivity index (χ2n) is 4.96. The van der Waals surface area contributed by atoms with Crippen molar-refractivity contribution in [3.05, 3.63) is 18.2 Å². The zero-order valence-corrected chi connectivity index (χ0v) is 10.6. The molecule has 0 saturated carbocycles. The van der Waals surface area contributed by atoms with Crippen molar-refractivity contribution in [2.45, 2.75) is 33.2 Å². The van der Waals surface area contributed by atoms with E-state index in [0.29, 0.717) is 6.54 Å². The Morgan fingerprint density at radius 2 is 2.25 bits per heavy atom. The standard InChI is InChI=1S/C12H23N3O/c1-12(2,5-7-16-3)9-15-10-14-8-11(15)4-6-13/h8,10H,4-7,9,13H2,1-3H3. The summed E-state index contributed by atoms with van der Waals surface area (Å²) in [5.41, 5.74) is 7.01. The maximum Gasteiger partial charge on any atom is 0.0948 e. The second kappa shape index (κ2) is 6.01. The van der Waals surface area contributed by atoms with E-state index in [4.69, 9.17) is 10.5 Å². The first-order chi connectivity index (χ1) is 7.59. The molecule has 16 heavy (non-hydrogen) atoms. The van der Waals surface area contributed by atoms with E-state index in [9.17, 15) is 0 Å². The molecule has 0 radical (unpaired) electrons. The zero-order chi connectivity index (χ0) is 12.0. The summed E-state index contributed by atoms with van der Waals surface area (Å²) in [6.45, 7) is 6.93. The lowest BCUT2D eigenvalue weighted by atomic mass is 9.89. The zero-order valence-electron chi connectivity index (χ0n) is 10.6. The van der Waals surface area contributed by atoms with Gasteiger partial charge in [0.25, 0.3) is 0 Å². The fourth-order valence-corrected chi connectivity index (χ4v) is 1.77. The fourth-order valence-electron chi connectivity index (χ4n) is 1.77. The monoisotopic (exact) mass is 225 g/mol. The van der Waals surface area contributed by atoms with Crippen molar-refractivity contribution in [3.8, 4) is 0 Å². The average Bonchev–Trinajstić information content (AvgIpc) is 2.63. The van der Waals surface area contributed by atoms with Crippen LogP contribution in [-0.4, -0.2) is 29.8 Å². The molecule has 0 atom stereocenters. The minimum Gasteiger partial charge on any atom is -0.385 e. The Morgan fingerprint density at radius 3 is 2.88 bits per heavy atom. The molecule has 1 heterocycles. The highest BCUT2D eigenvalue weighted by Gasteiger charge is 2.19.